The summed E-state index contributed by atoms with van der Waals surface area (Å²) in [6.07, 6.45) is 2.67. The predicted octanol–water partition coefficient (Wildman–Crippen LogP) is 4.06. The number of nitrogens with zero attached hydrogens (tertiary/aromatic N) is 3. The van der Waals surface area contributed by atoms with Gasteiger partial charge in [-0.05, 0) is 38.0 Å². The van der Waals surface area contributed by atoms with Gasteiger partial charge in [0, 0.05) is 29.8 Å². The third kappa shape index (κ3) is 4.00. The molecule has 1 aromatic heterocycles. The molecule has 1 saturated heterocycles. The largest absolute Gasteiger partial charge is 0.374 e. The first-order chi connectivity index (χ1) is 11.8. The summed E-state index contributed by atoms with van der Waals surface area (Å²) in [5.41, 5.74) is 1.72. The molecule has 0 bridgehead atoms. The van der Waals surface area contributed by atoms with Crippen molar-refractivity contribution < 1.29 is 9.32 Å². The molecular weight excluding hydrogens is 316 g/mol. The number of benzene rings is 1. The highest BCUT2D eigenvalue weighted by molar-refractivity contribution is 5.94. The smallest absolute Gasteiger partial charge is 0.248 e. The predicted molar refractivity (Wildman–Crippen MR) is 97.7 cm³/mol. The zero-order chi connectivity index (χ0) is 18.0. The van der Waals surface area contributed by atoms with E-state index < -0.39 is 0 Å². The van der Waals surface area contributed by atoms with Gasteiger partial charge < -0.3 is 14.7 Å². The van der Waals surface area contributed by atoms with Gasteiger partial charge in [-0.15, -0.1) is 0 Å². The molecule has 25 heavy (non-hydrogen) atoms. The number of carbonyl (C=O) groups excluding carboxylic acids is 1. The van der Waals surface area contributed by atoms with Gasteiger partial charge in [-0.3, -0.25) is 4.79 Å². The van der Waals surface area contributed by atoms with Crippen molar-refractivity contribution >= 4 is 17.3 Å². The SMILES string of the molecule is CC(Nc1cccc(N2CCCCC2=O)c1)c1nc(C(C)(C)C)no1. The number of hydrogen-bond acceptors (Lipinski definition) is 5. The topological polar surface area (TPSA) is 71.3 Å². The van der Waals surface area contributed by atoms with Gasteiger partial charge in [0.2, 0.25) is 11.8 Å². The monoisotopic (exact) mass is 342 g/mol. The van der Waals surface area contributed by atoms with E-state index in [4.69, 9.17) is 4.52 Å². The Balaban J connectivity index is 1.73. The molecular formula is C19H26N4O2. The number of rotatable bonds is 4. The van der Waals surface area contributed by atoms with Crippen molar-refractivity contribution in [2.24, 2.45) is 0 Å². The minimum absolute atomic E-state index is 0.115. The second-order valence-corrected chi connectivity index (χ2v) is 7.63. The molecule has 1 aliphatic rings. The third-order valence-electron chi connectivity index (χ3n) is 4.35. The van der Waals surface area contributed by atoms with Crippen LogP contribution in [-0.2, 0) is 10.2 Å². The van der Waals surface area contributed by atoms with Crippen molar-refractivity contribution in [1.29, 1.82) is 0 Å². The summed E-state index contributed by atoms with van der Waals surface area (Å²) in [6.45, 7) is 8.94. The summed E-state index contributed by atoms with van der Waals surface area (Å²) in [6, 6.07) is 7.80. The maximum Gasteiger partial charge on any atom is 0.248 e. The molecule has 1 amide bonds. The maximum atomic E-state index is 12.1. The van der Waals surface area contributed by atoms with Crippen LogP contribution in [0.2, 0.25) is 0 Å². The van der Waals surface area contributed by atoms with Crippen molar-refractivity contribution in [2.45, 2.75) is 58.4 Å². The van der Waals surface area contributed by atoms with E-state index in [1.807, 2.05) is 36.1 Å². The summed E-state index contributed by atoms with van der Waals surface area (Å²) in [5, 5.41) is 7.46. The normalized spacial score (nSPS) is 16.8. The van der Waals surface area contributed by atoms with Crippen molar-refractivity contribution in [2.75, 3.05) is 16.8 Å². The van der Waals surface area contributed by atoms with Gasteiger partial charge >= 0.3 is 0 Å². The fourth-order valence-corrected chi connectivity index (χ4v) is 2.87. The quantitative estimate of drug-likeness (QED) is 0.907. The lowest BCUT2D eigenvalue weighted by Gasteiger charge is -2.27. The highest BCUT2D eigenvalue weighted by Gasteiger charge is 2.23. The van der Waals surface area contributed by atoms with Gasteiger partial charge in [0.25, 0.3) is 0 Å². The lowest BCUT2D eigenvalue weighted by molar-refractivity contribution is -0.119. The Bertz CT molecular complexity index is 748. The van der Waals surface area contributed by atoms with E-state index in [-0.39, 0.29) is 17.4 Å². The molecule has 6 heteroatoms. The first-order valence-electron chi connectivity index (χ1n) is 8.85. The minimum atomic E-state index is -0.143. The zero-order valence-corrected chi connectivity index (χ0v) is 15.4. The van der Waals surface area contributed by atoms with Crippen LogP contribution in [0.4, 0.5) is 11.4 Å². The molecule has 6 nitrogen and oxygen atoms in total. The van der Waals surface area contributed by atoms with Crippen LogP contribution in [0, 0.1) is 0 Å². The number of amides is 1. The molecule has 1 atom stereocenters. The van der Waals surface area contributed by atoms with Crippen LogP contribution in [-0.4, -0.2) is 22.6 Å². The Kier molecular flexibility index (Phi) is 4.79. The number of anilines is 2. The van der Waals surface area contributed by atoms with E-state index in [9.17, 15) is 4.79 Å². The number of nitrogens with one attached hydrogen (secondary N) is 1. The van der Waals surface area contributed by atoms with E-state index in [1.54, 1.807) is 0 Å². The second-order valence-electron chi connectivity index (χ2n) is 7.63. The Morgan fingerprint density at radius 1 is 1.28 bits per heavy atom. The van der Waals surface area contributed by atoms with Gasteiger partial charge in [-0.1, -0.05) is 32.0 Å². The number of aromatic nitrogens is 2. The lowest BCUT2D eigenvalue weighted by Crippen LogP contribution is -2.35. The summed E-state index contributed by atoms with van der Waals surface area (Å²) < 4.78 is 5.40. The van der Waals surface area contributed by atoms with Crippen LogP contribution in [0.1, 0.15) is 64.7 Å². The van der Waals surface area contributed by atoms with Gasteiger partial charge in [0.15, 0.2) is 5.82 Å². The number of carbonyl (C=O) groups is 1. The molecule has 3 rings (SSSR count). The second kappa shape index (κ2) is 6.86. The standard InChI is InChI=1S/C19H26N4O2/c1-13(17-21-18(22-25-17)19(2,3)4)20-14-8-7-9-15(12-14)23-11-6-5-10-16(23)24/h7-9,12-13,20H,5-6,10-11H2,1-4H3. The molecule has 1 N–H and O–H groups in total. The van der Waals surface area contributed by atoms with E-state index in [0.29, 0.717) is 18.1 Å². The molecule has 0 aliphatic carbocycles. The highest BCUT2D eigenvalue weighted by Crippen LogP contribution is 2.27. The molecule has 1 unspecified atom stereocenters. The molecule has 0 saturated carbocycles. The Morgan fingerprint density at radius 3 is 2.76 bits per heavy atom. The molecule has 0 radical (unpaired) electrons. The molecule has 1 aliphatic heterocycles. The van der Waals surface area contributed by atoms with E-state index in [1.165, 1.54) is 0 Å². The lowest BCUT2D eigenvalue weighted by atomic mass is 9.96. The minimum Gasteiger partial charge on any atom is -0.374 e. The van der Waals surface area contributed by atoms with E-state index in [2.05, 4.69) is 36.2 Å². The van der Waals surface area contributed by atoms with Crippen molar-refractivity contribution in [1.82, 2.24) is 10.1 Å². The number of piperidine rings is 1. The average molecular weight is 342 g/mol. The van der Waals surface area contributed by atoms with Crippen molar-refractivity contribution in [3.8, 4) is 0 Å². The Labute approximate surface area is 148 Å². The molecule has 2 aromatic rings. The summed E-state index contributed by atoms with van der Waals surface area (Å²) >= 11 is 0. The van der Waals surface area contributed by atoms with Gasteiger partial charge in [0.05, 0.1) is 0 Å². The zero-order valence-electron chi connectivity index (χ0n) is 15.4. The van der Waals surface area contributed by atoms with Crippen molar-refractivity contribution in [3.05, 3.63) is 36.0 Å². The van der Waals surface area contributed by atoms with Gasteiger partial charge in [-0.25, -0.2) is 0 Å². The highest BCUT2D eigenvalue weighted by atomic mass is 16.5. The van der Waals surface area contributed by atoms with Crippen LogP contribution in [0.3, 0.4) is 0 Å². The van der Waals surface area contributed by atoms with Crippen LogP contribution in [0.15, 0.2) is 28.8 Å². The molecule has 1 fully saturated rings. The third-order valence-corrected chi connectivity index (χ3v) is 4.35. The van der Waals surface area contributed by atoms with Crippen molar-refractivity contribution in [3.63, 3.8) is 0 Å². The maximum absolute atomic E-state index is 12.1. The van der Waals surface area contributed by atoms with E-state index >= 15 is 0 Å². The summed E-state index contributed by atoms with van der Waals surface area (Å²) in [4.78, 5) is 18.5. The fourth-order valence-electron chi connectivity index (χ4n) is 2.87. The van der Waals surface area contributed by atoms with E-state index in [0.717, 1.165) is 30.8 Å². The number of hydrogen-bond donors (Lipinski definition) is 1. The van der Waals surface area contributed by atoms with Crippen LogP contribution in [0.25, 0.3) is 0 Å². The Hall–Kier alpha value is -2.37. The molecule has 0 spiro atoms. The molecule has 134 valence electrons. The van der Waals surface area contributed by atoms with Gasteiger partial charge in [-0.2, -0.15) is 4.98 Å². The summed E-state index contributed by atoms with van der Waals surface area (Å²) in [5.74, 6) is 1.45. The van der Waals surface area contributed by atoms with Crippen LogP contribution in [0.5, 0.6) is 0 Å². The summed E-state index contributed by atoms with van der Waals surface area (Å²) in [7, 11) is 0. The average Bonchev–Trinajstić information content (AvgIpc) is 3.06. The Morgan fingerprint density at radius 2 is 2.08 bits per heavy atom. The molecule has 2 heterocycles. The van der Waals surface area contributed by atoms with Crippen LogP contribution < -0.4 is 10.2 Å². The molecule has 1 aromatic carbocycles. The first kappa shape index (κ1) is 17.5. The first-order valence-corrected chi connectivity index (χ1v) is 8.85. The van der Waals surface area contributed by atoms with Crippen LogP contribution >= 0.6 is 0 Å². The fraction of sp³-hybridized carbons (Fsp3) is 0.526. The van der Waals surface area contributed by atoms with Gasteiger partial charge in [0.1, 0.15) is 6.04 Å².